The molecule has 0 radical (unpaired) electrons. The molecule has 0 amide bonds. The fourth-order valence-electron chi connectivity index (χ4n) is 3.26. The molecule has 0 aromatic carbocycles. The Morgan fingerprint density at radius 3 is 2.59 bits per heavy atom. The SMILES string of the molecule is N#CCCN1CCN(c2ccnc(-c3cnc4cnc(C(F)(F)F)cn34)n2)CC1. The Hall–Kier alpha value is -3.26. The van der Waals surface area contributed by atoms with E-state index < -0.39 is 11.9 Å². The highest BCUT2D eigenvalue weighted by Crippen LogP contribution is 2.28. The molecule has 1 aliphatic rings. The first-order valence-electron chi connectivity index (χ1n) is 9.03. The van der Waals surface area contributed by atoms with Gasteiger partial charge < -0.3 is 4.90 Å². The van der Waals surface area contributed by atoms with Gasteiger partial charge in [0.2, 0.25) is 0 Å². The summed E-state index contributed by atoms with van der Waals surface area (Å²) in [7, 11) is 0. The van der Waals surface area contributed by atoms with Crippen LogP contribution in [0, 0.1) is 11.3 Å². The van der Waals surface area contributed by atoms with Crippen molar-refractivity contribution in [2.24, 2.45) is 0 Å². The van der Waals surface area contributed by atoms with Gasteiger partial charge in [-0.3, -0.25) is 9.30 Å². The van der Waals surface area contributed by atoms with Gasteiger partial charge in [0.25, 0.3) is 0 Å². The van der Waals surface area contributed by atoms with Crippen molar-refractivity contribution in [1.29, 1.82) is 5.26 Å². The largest absolute Gasteiger partial charge is 0.434 e. The maximum atomic E-state index is 13.0. The number of piperazine rings is 1. The molecule has 11 heteroatoms. The second-order valence-electron chi connectivity index (χ2n) is 6.62. The van der Waals surface area contributed by atoms with Crippen LogP contribution in [0.1, 0.15) is 12.1 Å². The lowest BCUT2D eigenvalue weighted by Crippen LogP contribution is -2.46. The van der Waals surface area contributed by atoms with Crippen LogP contribution in [0.3, 0.4) is 0 Å². The zero-order chi connectivity index (χ0) is 20.4. The van der Waals surface area contributed by atoms with E-state index in [0.717, 1.165) is 45.1 Å². The van der Waals surface area contributed by atoms with Gasteiger partial charge in [-0.15, -0.1) is 0 Å². The third-order valence-electron chi connectivity index (χ3n) is 4.79. The van der Waals surface area contributed by atoms with E-state index >= 15 is 0 Å². The number of rotatable bonds is 4. The summed E-state index contributed by atoms with van der Waals surface area (Å²) in [6.07, 6.45) is 0.962. The third kappa shape index (κ3) is 3.97. The van der Waals surface area contributed by atoms with Crippen LogP contribution < -0.4 is 4.90 Å². The second-order valence-corrected chi connectivity index (χ2v) is 6.62. The molecule has 150 valence electrons. The number of hydrogen-bond donors (Lipinski definition) is 0. The van der Waals surface area contributed by atoms with Crippen LogP contribution in [0.2, 0.25) is 0 Å². The van der Waals surface area contributed by atoms with Gasteiger partial charge >= 0.3 is 6.18 Å². The van der Waals surface area contributed by atoms with Crippen molar-refractivity contribution >= 4 is 11.5 Å². The number of aromatic nitrogens is 5. The molecule has 4 heterocycles. The van der Waals surface area contributed by atoms with E-state index in [1.165, 1.54) is 10.6 Å². The predicted molar refractivity (Wildman–Crippen MR) is 97.9 cm³/mol. The highest BCUT2D eigenvalue weighted by atomic mass is 19.4. The van der Waals surface area contributed by atoms with Crippen molar-refractivity contribution < 1.29 is 13.2 Å². The Kier molecular flexibility index (Phi) is 5.02. The molecule has 0 spiro atoms. The molecule has 1 aliphatic heterocycles. The highest BCUT2D eigenvalue weighted by Gasteiger charge is 2.33. The lowest BCUT2D eigenvalue weighted by molar-refractivity contribution is -0.141. The van der Waals surface area contributed by atoms with Gasteiger partial charge in [-0.05, 0) is 6.07 Å². The molecular weight excluding hydrogens is 385 g/mol. The van der Waals surface area contributed by atoms with Crippen LogP contribution in [0.4, 0.5) is 19.0 Å². The van der Waals surface area contributed by atoms with Crippen LogP contribution in [-0.2, 0) is 6.18 Å². The Bertz CT molecular complexity index is 1050. The van der Waals surface area contributed by atoms with Crippen LogP contribution in [-0.4, -0.2) is 62.0 Å². The summed E-state index contributed by atoms with van der Waals surface area (Å²) in [5.41, 5.74) is -0.357. The van der Waals surface area contributed by atoms with Gasteiger partial charge in [-0.2, -0.15) is 18.4 Å². The molecule has 0 N–H and O–H groups in total. The minimum atomic E-state index is -4.55. The normalized spacial score (nSPS) is 15.6. The van der Waals surface area contributed by atoms with E-state index in [1.54, 1.807) is 12.3 Å². The molecule has 4 rings (SSSR count). The molecule has 29 heavy (non-hydrogen) atoms. The first kappa shape index (κ1) is 19.1. The fraction of sp³-hybridized carbons (Fsp3) is 0.389. The molecule has 3 aromatic heterocycles. The van der Waals surface area contributed by atoms with Crippen molar-refractivity contribution in [2.75, 3.05) is 37.6 Å². The van der Waals surface area contributed by atoms with Crippen molar-refractivity contribution in [3.05, 3.63) is 36.5 Å². The summed E-state index contributed by atoms with van der Waals surface area (Å²) in [6.45, 7) is 3.87. The number of imidazole rings is 1. The lowest BCUT2D eigenvalue weighted by atomic mass is 10.3. The maximum absolute atomic E-state index is 13.0. The first-order chi connectivity index (χ1) is 14.0. The second kappa shape index (κ2) is 7.63. The maximum Gasteiger partial charge on any atom is 0.434 e. The average Bonchev–Trinajstić information content (AvgIpc) is 3.15. The molecule has 0 saturated carbocycles. The summed E-state index contributed by atoms with van der Waals surface area (Å²) in [4.78, 5) is 20.6. The van der Waals surface area contributed by atoms with Crippen LogP contribution in [0.5, 0.6) is 0 Å². The van der Waals surface area contributed by atoms with E-state index in [-0.39, 0.29) is 5.65 Å². The Balaban J connectivity index is 1.59. The van der Waals surface area contributed by atoms with Crippen molar-refractivity contribution in [3.63, 3.8) is 0 Å². The molecule has 1 saturated heterocycles. The van der Waals surface area contributed by atoms with Crippen LogP contribution >= 0.6 is 0 Å². The van der Waals surface area contributed by atoms with Crippen LogP contribution in [0.25, 0.3) is 17.2 Å². The Morgan fingerprint density at radius 2 is 1.86 bits per heavy atom. The number of fused-ring (bicyclic) bond motifs is 1. The standard InChI is InChI=1S/C18H17F3N8/c19-18(20,21)14-12-29-13(10-25-16(29)11-24-14)17-23-4-2-15(26-17)28-8-6-27(7-9-28)5-1-3-22/h2,4,10-12H,1,5-9H2. The Morgan fingerprint density at radius 1 is 1.07 bits per heavy atom. The topological polar surface area (TPSA) is 86.2 Å². The van der Waals surface area contributed by atoms with Gasteiger partial charge in [0.15, 0.2) is 17.2 Å². The van der Waals surface area contributed by atoms with E-state index in [0.29, 0.717) is 23.8 Å². The van der Waals surface area contributed by atoms with Gasteiger partial charge in [0.1, 0.15) is 11.5 Å². The number of hydrogen-bond acceptors (Lipinski definition) is 7. The number of alkyl halides is 3. The van der Waals surface area contributed by atoms with Gasteiger partial charge in [0, 0.05) is 51.5 Å². The monoisotopic (exact) mass is 402 g/mol. The molecule has 0 atom stereocenters. The van der Waals surface area contributed by atoms with E-state index in [4.69, 9.17) is 5.26 Å². The lowest BCUT2D eigenvalue weighted by Gasteiger charge is -2.35. The average molecular weight is 402 g/mol. The Labute approximate surface area is 164 Å². The minimum Gasteiger partial charge on any atom is -0.354 e. The molecule has 3 aromatic rings. The molecule has 0 bridgehead atoms. The van der Waals surface area contributed by atoms with Crippen molar-refractivity contribution in [1.82, 2.24) is 29.2 Å². The van der Waals surface area contributed by atoms with Crippen molar-refractivity contribution in [2.45, 2.75) is 12.6 Å². The van der Waals surface area contributed by atoms with Gasteiger partial charge in [-0.1, -0.05) is 0 Å². The molecule has 8 nitrogen and oxygen atoms in total. The van der Waals surface area contributed by atoms with Crippen LogP contribution in [0.15, 0.2) is 30.9 Å². The summed E-state index contributed by atoms with van der Waals surface area (Å²) >= 11 is 0. The zero-order valence-corrected chi connectivity index (χ0v) is 15.3. The smallest absolute Gasteiger partial charge is 0.354 e. The zero-order valence-electron chi connectivity index (χ0n) is 15.3. The predicted octanol–water partition coefficient (Wildman–Crippen LogP) is 2.24. The number of nitrogens with zero attached hydrogens (tertiary/aromatic N) is 8. The number of nitriles is 1. The summed E-state index contributed by atoms with van der Waals surface area (Å²) in [5, 5.41) is 8.71. The van der Waals surface area contributed by atoms with E-state index in [9.17, 15) is 13.2 Å². The molecule has 1 fully saturated rings. The molecular formula is C18H17F3N8. The quantitative estimate of drug-likeness (QED) is 0.662. The summed E-state index contributed by atoms with van der Waals surface area (Å²) in [5.74, 6) is 0.996. The van der Waals surface area contributed by atoms with Gasteiger partial charge in [0.05, 0.1) is 18.5 Å². The van der Waals surface area contributed by atoms with E-state index in [1.807, 2.05) is 0 Å². The summed E-state index contributed by atoms with van der Waals surface area (Å²) < 4.78 is 40.3. The first-order valence-corrected chi connectivity index (χ1v) is 9.03. The summed E-state index contributed by atoms with van der Waals surface area (Å²) in [6, 6.07) is 3.93. The van der Waals surface area contributed by atoms with Crippen molar-refractivity contribution in [3.8, 4) is 17.6 Å². The number of halogens is 3. The third-order valence-corrected chi connectivity index (χ3v) is 4.79. The molecule has 0 aliphatic carbocycles. The van der Waals surface area contributed by atoms with Gasteiger partial charge in [-0.25, -0.2) is 19.9 Å². The van der Waals surface area contributed by atoms with E-state index in [2.05, 4.69) is 35.8 Å². The highest BCUT2D eigenvalue weighted by molar-refractivity contribution is 5.58. The number of anilines is 1. The molecule has 0 unspecified atom stereocenters. The fourth-order valence-corrected chi connectivity index (χ4v) is 3.26. The minimum absolute atomic E-state index is 0.285.